The minimum absolute atomic E-state index is 0.0101. The molecule has 4 aromatic rings. The van der Waals surface area contributed by atoms with E-state index in [1.54, 1.807) is 0 Å². The van der Waals surface area contributed by atoms with Gasteiger partial charge in [-0.3, -0.25) is 9.89 Å². The third kappa shape index (κ3) is 3.20. The van der Waals surface area contributed by atoms with E-state index in [1.807, 2.05) is 78.9 Å². The number of aromatic amines is 1. The topological polar surface area (TPSA) is 45.8 Å². The van der Waals surface area contributed by atoms with Crippen LogP contribution in [0.2, 0.25) is 0 Å². The molecule has 0 spiro atoms. The van der Waals surface area contributed by atoms with Crippen LogP contribution < -0.4 is 0 Å². The van der Waals surface area contributed by atoms with Crippen LogP contribution in [0.1, 0.15) is 27.2 Å². The highest BCUT2D eigenvalue weighted by Gasteiger charge is 2.22. The molecule has 0 unspecified atom stereocenters. The first-order chi connectivity index (χ1) is 12.8. The van der Waals surface area contributed by atoms with Crippen molar-refractivity contribution in [1.29, 1.82) is 0 Å². The van der Waals surface area contributed by atoms with Crippen LogP contribution in [0.4, 0.5) is 0 Å². The van der Waals surface area contributed by atoms with Crippen LogP contribution in [0.3, 0.4) is 0 Å². The van der Waals surface area contributed by atoms with Crippen molar-refractivity contribution < 1.29 is 4.79 Å². The number of rotatable bonds is 5. The highest BCUT2D eigenvalue weighted by Crippen LogP contribution is 2.27. The van der Waals surface area contributed by atoms with Gasteiger partial charge in [0.05, 0.1) is 11.3 Å². The van der Waals surface area contributed by atoms with E-state index >= 15 is 0 Å². The average Bonchev–Trinajstić information content (AvgIpc) is 3.13. The molecule has 0 radical (unpaired) electrons. The number of carbonyl (C=O) groups excluding carboxylic acids is 1. The van der Waals surface area contributed by atoms with Crippen molar-refractivity contribution in [2.45, 2.75) is 6.42 Å². The Kier molecular flexibility index (Phi) is 4.44. The lowest BCUT2D eigenvalue weighted by molar-refractivity contribution is 0.103. The first-order valence-corrected chi connectivity index (χ1v) is 8.59. The lowest BCUT2D eigenvalue weighted by atomic mass is 9.95. The molecule has 126 valence electrons. The van der Waals surface area contributed by atoms with Crippen molar-refractivity contribution in [3.8, 4) is 11.3 Å². The number of H-pyrrole nitrogens is 1. The van der Waals surface area contributed by atoms with Crippen molar-refractivity contribution >= 4 is 5.78 Å². The van der Waals surface area contributed by atoms with Gasteiger partial charge in [-0.05, 0) is 5.56 Å². The second kappa shape index (κ2) is 7.19. The van der Waals surface area contributed by atoms with Crippen LogP contribution in [0, 0.1) is 0 Å². The Labute approximate surface area is 152 Å². The molecule has 26 heavy (non-hydrogen) atoms. The summed E-state index contributed by atoms with van der Waals surface area (Å²) in [6.07, 6.45) is 0.634. The predicted molar refractivity (Wildman–Crippen MR) is 103 cm³/mol. The van der Waals surface area contributed by atoms with Gasteiger partial charge in [-0.15, -0.1) is 0 Å². The van der Waals surface area contributed by atoms with Crippen molar-refractivity contribution in [2.24, 2.45) is 0 Å². The number of hydrogen-bond donors (Lipinski definition) is 1. The molecule has 0 bridgehead atoms. The minimum Gasteiger partial charge on any atom is -0.288 e. The van der Waals surface area contributed by atoms with Crippen molar-refractivity contribution in [3.05, 3.63) is 113 Å². The van der Waals surface area contributed by atoms with Crippen LogP contribution in [0.25, 0.3) is 11.3 Å². The van der Waals surface area contributed by atoms with Gasteiger partial charge in [0.15, 0.2) is 5.78 Å². The van der Waals surface area contributed by atoms with Gasteiger partial charge in [0, 0.05) is 17.5 Å². The Hall–Kier alpha value is -3.46. The van der Waals surface area contributed by atoms with Gasteiger partial charge in [-0.2, -0.15) is 5.10 Å². The molecule has 0 saturated heterocycles. The summed E-state index contributed by atoms with van der Waals surface area (Å²) in [4.78, 5) is 13.3. The molecule has 3 heteroatoms. The number of aromatic nitrogens is 2. The third-order valence-corrected chi connectivity index (χ3v) is 4.38. The SMILES string of the molecule is O=C(c1ccccc1)c1c(-c2ccccc2)n[nH]c1Cc1ccccc1. The van der Waals surface area contributed by atoms with E-state index in [1.165, 1.54) is 0 Å². The summed E-state index contributed by atoms with van der Waals surface area (Å²) < 4.78 is 0. The van der Waals surface area contributed by atoms with E-state index in [-0.39, 0.29) is 5.78 Å². The van der Waals surface area contributed by atoms with Crippen LogP contribution >= 0.6 is 0 Å². The van der Waals surface area contributed by atoms with Crippen LogP contribution in [0.15, 0.2) is 91.0 Å². The van der Waals surface area contributed by atoms with Gasteiger partial charge in [0.25, 0.3) is 0 Å². The summed E-state index contributed by atoms with van der Waals surface area (Å²) in [6, 6.07) is 29.3. The Morgan fingerprint density at radius 1 is 0.769 bits per heavy atom. The first kappa shape index (κ1) is 16.0. The maximum Gasteiger partial charge on any atom is 0.197 e. The molecule has 1 heterocycles. The van der Waals surface area contributed by atoms with Gasteiger partial charge in [-0.25, -0.2) is 0 Å². The number of carbonyl (C=O) groups is 1. The van der Waals surface area contributed by atoms with Crippen molar-refractivity contribution in [1.82, 2.24) is 10.2 Å². The Bertz CT molecular complexity index is 1010. The summed E-state index contributed by atoms with van der Waals surface area (Å²) in [5.41, 5.74) is 4.92. The minimum atomic E-state index is -0.0101. The molecule has 0 aliphatic rings. The largest absolute Gasteiger partial charge is 0.288 e. The molecular formula is C23H18N2O. The molecule has 3 aromatic carbocycles. The van der Waals surface area contributed by atoms with Crippen LogP contribution in [0.5, 0.6) is 0 Å². The van der Waals surface area contributed by atoms with E-state index in [9.17, 15) is 4.79 Å². The number of ketones is 1. The van der Waals surface area contributed by atoms with Gasteiger partial charge in [-0.1, -0.05) is 91.0 Å². The standard InChI is InChI=1S/C23H18N2O/c26-23(19-14-8-3-9-15-19)21-20(16-17-10-4-1-5-11-17)24-25-22(21)18-12-6-2-7-13-18/h1-15H,16H2,(H,24,25). The fraction of sp³-hybridized carbons (Fsp3) is 0.0435. The normalized spacial score (nSPS) is 10.6. The molecule has 0 atom stereocenters. The van der Waals surface area contributed by atoms with E-state index < -0.39 is 0 Å². The maximum absolute atomic E-state index is 13.3. The molecule has 1 N–H and O–H groups in total. The second-order valence-electron chi connectivity index (χ2n) is 6.15. The van der Waals surface area contributed by atoms with Gasteiger partial charge in [0.1, 0.15) is 5.69 Å². The number of benzene rings is 3. The zero-order valence-electron chi connectivity index (χ0n) is 14.2. The zero-order chi connectivity index (χ0) is 17.8. The van der Waals surface area contributed by atoms with E-state index in [0.29, 0.717) is 23.2 Å². The average molecular weight is 338 g/mol. The predicted octanol–water partition coefficient (Wildman–Crippen LogP) is 4.90. The second-order valence-corrected chi connectivity index (χ2v) is 6.15. The number of nitrogens with one attached hydrogen (secondary N) is 1. The Morgan fingerprint density at radius 3 is 2.00 bits per heavy atom. The van der Waals surface area contributed by atoms with Crippen LogP contribution in [-0.2, 0) is 6.42 Å². The Morgan fingerprint density at radius 2 is 1.35 bits per heavy atom. The molecule has 0 saturated carbocycles. The molecule has 3 nitrogen and oxygen atoms in total. The highest BCUT2D eigenvalue weighted by molar-refractivity contribution is 6.13. The summed E-state index contributed by atoms with van der Waals surface area (Å²) in [6.45, 7) is 0. The number of hydrogen-bond acceptors (Lipinski definition) is 2. The molecule has 0 fully saturated rings. The fourth-order valence-electron chi connectivity index (χ4n) is 3.09. The Balaban J connectivity index is 1.82. The quantitative estimate of drug-likeness (QED) is 0.526. The maximum atomic E-state index is 13.3. The lowest BCUT2D eigenvalue weighted by Crippen LogP contribution is -2.06. The summed E-state index contributed by atoms with van der Waals surface area (Å²) in [5, 5.41) is 7.58. The van der Waals surface area contributed by atoms with Gasteiger partial charge in [0.2, 0.25) is 0 Å². The first-order valence-electron chi connectivity index (χ1n) is 8.59. The fourth-order valence-corrected chi connectivity index (χ4v) is 3.09. The highest BCUT2D eigenvalue weighted by atomic mass is 16.1. The molecule has 1 aromatic heterocycles. The van der Waals surface area contributed by atoms with Gasteiger partial charge >= 0.3 is 0 Å². The molecule has 0 amide bonds. The molecule has 0 aliphatic carbocycles. The molecule has 0 aliphatic heterocycles. The zero-order valence-corrected chi connectivity index (χ0v) is 14.2. The monoisotopic (exact) mass is 338 g/mol. The van der Waals surface area contributed by atoms with E-state index in [0.717, 1.165) is 16.8 Å². The smallest absolute Gasteiger partial charge is 0.197 e. The molecule has 4 rings (SSSR count). The third-order valence-electron chi connectivity index (χ3n) is 4.38. The van der Waals surface area contributed by atoms with Crippen molar-refractivity contribution in [2.75, 3.05) is 0 Å². The van der Waals surface area contributed by atoms with E-state index in [2.05, 4.69) is 22.3 Å². The number of nitrogens with zero attached hydrogens (tertiary/aromatic N) is 1. The van der Waals surface area contributed by atoms with Crippen molar-refractivity contribution in [3.63, 3.8) is 0 Å². The lowest BCUT2D eigenvalue weighted by Gasteiger charge is -2.06. The van der Waals surface area contributed by atoms with Gasteiger partial charge < -0.3 is 0 Å². The van der Waals surface area contributed by atoms with E-state index in [4.69, 9.17) is 0 Å². The summed E-state index contributed by atoms with van der Waals surface area (Å²) in [5.74, 6) is -0.0101. The summed E-state index contributed by atoms with van der Waals surface area (Å²) >= 11 is 0. The summed E-state index contributed by atoms with van der Waals surface area (Å²) in [7, 11) is 0. The van der Waals surface area contributed by atoms with Crippen LogP contribution in [-0.4, -0.2) is 16.0 Å². The molecular weight excluding hydrogens is 320 g/mol.